The van der Waals surface area contributed by atoms with E-state index in [0.717, 1.165) is 22.6 Å². The highest BCUT2D eigenvalue weighted by atomic mass is 16.5. The zero-order valence-corrected chi connectivity index (χ0v) is 18.0. The summed E-state index contributed by atoms with van der Waals surface area (Å²) in [4.78, 5) is 21.4. The Morgan fingerprint density at radius 2 is 1.84 bits per heavy atom. The summed E-state index contributed by atoms with van der Waals surface area (Å²) in [6.45, 7) is 7.24. The summed E-state index contributed by atoms with van der Waals surface area (Å²) in [6, 6.07) is 17.2. The van der Waals surface area contributed by atoms with Crippen LogP contribution in [0.3, 0.4) is 0 Å². The van der Waals surface area contributed by atoms with Crippen LogP contribution in [0.5, 0.6) is 5.75 Å². The number of imidazole rings is 1. The summed E-state index contributed by atoms with van der Waals surface area (Å²) in [6.07, 6.45) is 3.22. The second kappa shape index (κ2) is 9.00. The van der Waals surface area contributed by atoms with E-state index in [9.17, 15) is 4.79 Å². The normalized spacial score (nSPS) is 12.0. The monoisotopic (exact) mass is 414 g/mol. The molecule has 0 bridgehead atoms. The lowest BCUT2D eigenvalue weighted by molar-refractivity contribution is 0.0937. The lowest BCUT2D eigenvalue weighted by Gasteiger charge is -2.17. The van der Waals surface area contributed by atoms with Crippen LogP contribution in [0.4, 0.5) is 0 Å². The summed E-state index contributed by atoms with van der Waals surface area (Å²) in [7, 11) is 0. The van der Waals surface area contributed by atoms with Crippen molar-refractivity contribution in [1.82, 2.24) is 19.9 Å². The molecule has 0 fully saturated rings. The molecule has 4 rings (SSSR count). The van der Waals surface area contributed by atoms with Gasteiger partial charge >= 0.3 is 0 Å². The van der Waals surface area contributed by atoms with Crippen LogP contribution in [0.25, 0.3) is 11.0 Å². The molecule has 1 N–H and O–H groups in total. The second-order valence-electron chi connectivity index (χ2n) is 7.64. The maximum atomic E-state index is 12.6. The minimum atomic E-state index is -0.269. The number of hydrogen-bond acceptors (Lipinski definition) is 4. The first kappa shape index (κ1) is 20.6. The van der Waals surface area contributed by atoms with Crippen LogP contribution in [0.1, 0.15) is 40.3 Å². The lowest BCUT2D eigenvalue weighted by atomic mass is 10.1. The number of hydrogen-bond donors (Lipinski definition) is 1. The number of pyridine rings is 1. The summed E-state index contributed by atoms with van der Waals surface area (Å²) in [5.74, 6) is 1.50. The minimum Gasteiger partial charge on any atom is -0.492 e. The van der Waals surface area contributed by atoms with Crippen molar-refractivity contribution in [3.05, 3.63) is 89.5 Å². The number of carbonyl (C=O) groups excluding carboxylic acids is 1. The van der Waals surface area contributed by atoms with Crippen molar-refractivity contribution in [2.75, 3.05) is 6.61 Å². The fraction of sp³-hybridized carbons (Fsp3) is 0.240. The molecule has 2 heterocycles. The van der Waals surface area contributed by atoms with Gasteiger partial charge in [0.2, 0.25) is 0 Å². The number of ether oxygens (including phenoxy) is 1. The van der Waals surface area contributed by atoms with Crippen molar-refractivity contribution in [3.63, 3.8) is 0 Å². The van der Waals surface area contributed by atoms with Gasteiger partial charge in [0, 0.05) is 18.0 Å². The molecule has 0 spiro atoms. The fourth-order valence-electron chi connectivity index (χ4n) is 3.57. The predicted octanol–water partition coefficient (Wildman–Crippen LogP) is 4.62. The van der Waals surface area contributed by atoms with E-state index in [1.807, 2.05) is 37.3 Å². The maximum Gasteiger partial charge on any atom is 0.251 e. The van der Waals surface area contributed by atoms with Crippen LogP contribution in [0.2, 0.25) is 0 Å². The van der Waals surface area contributed by atoms with E-state index in [2.05, 4.69) is 40.8 Å². The van der Waals surface area contributed by atoms with Gasteiger partial charge in [-0.25, -0.2) is 4.98 Å². The van der Waals surface area contributed by atoms with Crippen LogP contribution in [-0.2, 0) is 6.54 Å². The molecule has 0 saturated heterocycles. The second-order valence-corrected chi connectivity index (χ2v) is 7.64. The number of nitrogens with zero attached hydrogens (tertiary/aromatic N) is 3. The maximum absolute atomic E-state index is 12.6. The van der Waals surface area contributed by atoms with E-state index in [1.54, 1.807) is 24.5 Å². The largest absolute Gasteiger partial charge is 0.492 e. The Bertz CT molecular complexity index is 1200. The van der Waals surface area contributed by atoms with Crippen molar-refractivity contribution in [2.24, 2.45) is 0 Å². The van der Waals surface area contributed by atoms with Gasteiger partial charge in [-0.2, -0.15) is 0 Å². The molecule has 0 aliphatic rings. The Morgan fingerprint density at radius 3 is 2.61 bits per heavy atom. The zero-order valence-electron chi connectivity index (χ0n) is 18.0. The highest BCUT2D eigenvalue weighted by Crippen LogP contribution is 2.22. The van der Waals surface area contributed by atoms with Crippen molar-refractivity contribution in [2.45, 2.75) is 33.4 Å². The van der Waals surface area contributed by atoms with Crippen LogP contribution in [-0.4, -0.2) is 27.0 Å². The van der Waals surface area contributed by atoms with Gasteiger partial charge in [0.25, 0.3) is 5.91 Å². The summed E-state index contributed by atoms with van der Waals surface area (Å²) < 4.78 is 8.13. The number of aryl methyl sites for hydroxylation is 2. The molecule has 31 heavy (non-hydrogen) atoms. The number of aromatic nitrogens is 3. The average Bonchev–Trinajstić information content (AvgIpc) is 3.15. The molecule has 1 unspecified atom stereocenters. The van der Waals surface area contributed by atoms with Gasteiger partial charge in [0.05, 0.1) is 23.6 Å². The van der Waals surface area contributed by atoms with E-state index in [1.165, 1.54) is 11.1 Å². The van der Waals surface area contributed by atoms with Crippen LogP contribution in [0.15, 0.2) is 67.0 Å². The van der Waals surface area contributed by atoms with E-state index < -0.39 is 0 Å². The van der Waals surface area contributed by atoms with Gasteiger partial charge in [-0.3, -0.25) is 9.78 Å². The third-order valence-electron chi connectivity index (χ3n) is 5.42. The number of rotatable bonds is 7. The van der Waals surface area contributed by atoms with Gasteiger partial charge in [0.15, 0.2) is 0 Å². The Morgan fingerprint density at radius 1 is 1.06 bits per heavy atom. The lowest BCUT2D eigenvalue weighted by Crippen LogP contribution is -2.29. The smallest absolute Gasteiger partial charge is 0.251 e. The van der Waals surface area contributed by atoms with Crippen molar-refractivity contribution >= 4 is 16.9 Å². The topological polar surface area (TPSA) is 69.0 Å². The predicted molar refractivity (Wildman–Crippen MR) is 121 cm³/mol. The first-order valence-corrected chi connectivity index (χ1v) is 10.4. The molecule has 1 amide bonds. The molecule has 2 aromatic heterocycles. The van der Waals surface area contributed by atoms with Gasteiger partial charge in [-0.15, -0.1) is 0 Å². The Labute approximate surface area is 181 Å². The van der Waals surface area contributed by atoms with Crippen LogP contribution >= 0.6 is 0 Å². The van der Waals surface area contributed by atoms with E-state index >= 15 is 0 Å². The molecule has 2 aromatic carbocycles. The molecule has 0 aliphatic carbocycles. The van der Waals surface area contributed by atoms with Gasteiger partial charge in [0.1, 0.15) is 18.2 Å². The standard InChI is InChI=1S/C25H26N4O2/c1-17-8-9-21(16-18(17)2)31-15-14-29-23-7-5-4-6-22(23)28-24(29)19(3)27-25(30)20-10-12-26-13-11-20/h4-13,16,19H,14-15H2,1-3H3,(H,27,30). The van der Waals surface area contributed by atoms with E-state index in [-0.39, 0.29) is 11.9 Å². The van der Waals surface area contributed by atoms with Gasteiger partial charge in [-0.1, -0.05) is 18.2 Å². The summed E-state index contributed by atoms with van der Waals surface area (Å²) in [5.41, 5.74) is 4.94. The summed E-state index contributed by atoms with van der Waals surface area (Å²) >= 11 is 0. The first-order valence-electron chi connectivity index (χ1n) is 10.4. The highest BCUT2D eigenvalue weighted by molar-refractivity contribution is 5.94. The molecular weight excluding hydrogens is 388 g/mol. The number of amides is 1. The van der Waals surface area contributed by atoms with E-state index in [0.29, 0.717) is 18.7 Å². The van der Waals surface area contributed by atoms with Crippen LogP contribution in [0, 0.1) is 13.8 Å². The van der Waals surface area contributed by atoms with Gasteiger partial charge < -0.3 is 14.6 Å². The van der Waals surface area contributed by atoms with Gasteiger partial charge in [-0.05, 0) is 68.3 Å². The third kappa shape index (κ3) is 4.58. The Balaban J connectivity index is 1.53. The van der Waals surface area contributed by atoms with Crippen molar-refractivity contribution < 1.29 is 9.53 Å². The Hall–Kier alpha value is -3.67. The Kier molecular flexibility index (Phi) is 5.98. The third-order valence-corrected chi connectivity index (χ3v) is 5.42. The van der Waals surface area contributed by atoms with Crippen molar-refractivity contribution in [3.8, 4) is 5.75 Å². The molecular formula is C25H26N4O2. The molecule has 0 saturated carbocycles. The zero-order chi connectivity index (χ0) is 21.8. The molecule has 6 nitrogen and oxygen atoms in total. The molecule has 6 heteroatoms. The van der Waals surface area contributed by atoms with Crippen molar-refractivity contribution in [1.29, 1.82) is 0 Å². The fourth-order valence-corrected chi connectivity index (χ4v) is 3.57. The van der Waals surface area contributed by atoms with Crippen LogP contribution < -0.4 is 10.1 Å². The minimum absolute atomic E-state index is 0.153. The number of para-hydroxylation sites is 2. The molecule has 0 radical (unpaired) electrons. The average molecular weight is 415 g/mol. The summed E-state index contributed by atoms with van der Waals surface area (Å²) in [5, 5.41) is 3.04. The van der Waals surface area contributed by atoms with E-state index in [4.69, 9.17) is 9.72 Å². The number of fused-ring (bicyclic) bond motifs is 1. The number of nitrogens with one attached hydrogen (secondary N) is 1. The number of benzene rings is 2. The highest BCUT2D eigenvalue weighted by Gasteiger charge is 2.19. The molecule has 1 atom stereocenters. The number of carbonyl (C=O) groups is 1. The molecule has 158 valence electrons. The molecule has 4 aromatic rings. The SMILES string of the molecule is Cc1ccc(OCCn2c(C(C)NC(=O)c3ccncc3)nc3ccccc32)cc1C. The molecule has 0 aliphatic heterocycles. The first-order chi connectivity index (χ1) is 15.0. The quantitative estimate of drug-likeness (QED) is 0.479.